The summed E-state index contributed by atoms with van der Waals surface area (Å²) >= 11 is 0.740. The van der Waals surface area contributed by atoms with E-state index in [1.165, 1.54) is 0 Å². The third kappa shape index (κ3) is 7.22. The molecule has 1 amide bonds. The second-order valence-electron chi connectivity index (χ2n) is 7.84. The Bertz CT molecular complexity index is 1110. The summed E-state index contributed by atoms with van der Waals surface area (Å²) < 4.78 is 5.10. The van der Waals surface area contributed by atoms with Crippen molar-refractivity contribution in [1.82, 2.24) is 5.32 Å². The lowest BCUT2D eigenvalue weighted by Crippen LogP contribution is -2.39. The van der Waals surface area contributed by atoms with E-state index in [1.807, 2.05) is 54.6 Å². The molecule has 0 aliphatic carbocycles. The zero-order valence-corrected chi connectivity index (χ0v) is 19.9. The molecule has 2 N–H and O–H groups in total. The average molecular weight is 478 g/mol. The molecule has 0 saturated carbocycles. The molecule has 176 valence electrons. The fourth-order valence-electron chi connectivity index (χ4n) is 3.38. The summed E-state index contributed by atoms with van der Waals surface area (Å²) in [6, 6.07) is 23.8. The molecule has 3 aromatic carbocycles. The molecule has 7 heteroatoms. The minimum Gasteiger partial charge on any atom is -0.497 e. The molecule has 2 atom stereocenters. The molecule has 0 spiro atoms. The average Bonchev–Trinajstić information content (AvgIpc) is 2.84. The zero-order chi connectivity index (χ0) is 24.5. The molecule has 0 unspecified atom stereocenters. The Balaban J connectivity index is 1.55. The number of thioether (sulfide) groups is 1. The standard InChI is InChI=1S/C27H27NO5S/c1-18(28-25(29)17-20-10-14-23(33-2)15-11-20)27(32)34-24(26(30)31)16-19-8-12-22(13-9-19)21-6-4-3-5-7-21/h3-15,18,24H,16-17H2,1-2H3,(H,28,29)(H,30,31)/t18-,24-/m1/s1. The van der Waals surface area contributed by atoms with Crippen LogP contribution in [-0.2, 0) is 27.2 Å². The third-order valence-corrected chi connectivity index (χ3v) is 6.51. The van der Waals surface area contributed by atoms with Crippen molar-refractivity contribution in [2.24, 2.45) is 0 Å². The lowest BCUT2D eigenvalue weighted by molar-refractivity contribution is -0.136. The van der Waals surface area contributed by atoms with Crippen molar-refractivity contribution >= 4 is 28.8 Å². The molecule has 6 nitrogen and oxygen atoms in total. The fraction of sp³-hybridized carbons (Fsp3) is 0.222. The Morgan fingerprint density at radius 3 is 2.06 bits per heavy atom. The van der Waals surface area contributed by atoms with Crippen LogP contribution < -0.4 is 10.1 Å². The fourth-order valence-corrected chi connectivity index (χ4v) is 4.30. The van der Waals surface area contributed by atoms with Gasteiger partial charge in [-0.05, 0) is 47.7 Å². The summed E-state index contributed by atoms with van der Waals surface area (Å²) in [5.74, 6) is -0.684. The Labute approximate surface area is 203 Å². The van der Waals surface area contributed by atoms with Crippen LogP contribution in [0.15, 0.2) is 78.9 Å². The molecule has 3 aromatic rings. The van der Waals surface area contributed by atoms with Gasteiger partial charge in [-0.15, -0.1) is 0 Å². The van der Waals surface area contributed by atoms with Crippen LogP contribution in [0.4, 0.5) is 0 Å². The summed E-state index contributed by atoms with van der Waals surface area (Å²) in [5.41, 5.74) is 3.72. The first-order chi connectivity index (χ1) is 16.4. The number of carboxylic acid groups (broad SMARTS) is 1. The number of methoxy groups -OCH3 is 1. The minimum absolute atomic E-state index is 0.113. The quantitative estimate of drug-likeness (QED) is 0.451. The highest BCUT2D eigenvalue weighted by molar-refractivity contribution is 8.14. The van der Waals surface area contributed by atoms with Crippen molar-refractivity contribution in [2.45, 2.75) is 31.1 Å². The summed E-state index contributed by atoms with van der Waals surface area (Å²) in [4.78, 5) is 36.7. The molecule has 3 rings (SSSR count). The second-order valence-corrected chi connectivity index (χ2v) is 9.05. The number of rotatable bonds is 10. The molecule has 0 fully saturated rings. The lowest BCUT2D eigenvalue weighted by atomic mass is 10.0. The lowest BCUT2D eigenvalue weighted by Gasteiger charge is -2.16. The van der Waals surface area contributed by atoms with Gasteiger partial charge in [0, 0.05) is 0 Å². The first-order valence-corrected chi connectivity index (χ1v) is 11.7. The summed E-state index contributed by atoms with van der Waals surface area (Å²) in [5, 5.41) is 11.0. The maximum Gasteiger partial charge on any atom is 0.317 e. The van der Waals surface area contributed by atoms with Crippen molar-refractivity contribution in [3.05, 3.63) is 90.0 Å². The summed E-state index contributed by atoms with van der Waals surface area (Å²) in [6.07, 6.45) is 0.315. The number of benzene rings is 3. The number of carbonyl (C=O) groups excluding carboxylic acids is 2. The summed E-state index contributed by atoms with van der Waals surface area (Å²) in [6.45, 7) is 1.56. The van der Waals surface area contributed by atoms with Gasteiger partial charge < -0.3 is 15.2 Å². The Morgan fingerprint density at radius 1 is 0.882 bits per heavy atom. The number of hydrogen-bond acceptors (Lipinski definition) is 5. The Morgan fingerprint density at radius 2 is 1.47 bits per heavy atom. The van der Waals surface area contributed by atoms with Crippen molar-refractivity contribution in [3.8, 4) is 16.9 Å². The van der Waals surface area contributed by atoms with Gasteiger partial charge in [-0.1, -0.05) is 78.5 Å². The van der Waals surface area contributed by atoms with Crippen LogP contribution in [-0.4, -0.2) is 40.5 Å². The molecule has 0 bridgehead atoms. The van der Waals surface area contributed by atoms with E-state index in [9.17, 15) is 19.5 Å². The number of amides is 1. The highest BCUT2D eigenvalue weighted by Crippen LogP contribution is 2.23. The highest BCUT2D eigenvalue weighted by atomic mass is 32.2. The largest absolute Gasteiger partial charge is 0.497 e. The van der Waals surface area contributed by atoms with Gasteiger partial charge in [0.1, 0.15) is 11.0 Å². The van der Waals surface area contributed by atoms with Crippen molar-refractivity contribution < 1.29 is 24.2 Å². The van der Waals surface area contributed by atoms with E-state index in [-0.39, 0.29) is 18.7 Å². The molecule has 0 aromatic heterocycles. The van der Waals surface area contributed by atoms with Crippen LogP contribution in [0, 0.1) is 0 Å². The molecule has 34 heavy (non-hydrogen) atoms. The van der Waals surface area contributed by atoms with Crippen LogP contribution >= 0.6 is 11.8 Å². The first-order valence-electron chi connectivity index (χ1n) is 10.9. The number of carbonyl (C=O) groups is 3. The van der Waals surface area contributed by atoms with Gasteiger partial charge in [0.25, 0.3) is 0 Å². The number of nitrogens with one attached hydrogen (secondary N) is 1. The normalized spacial score (nSPS) is 12.4. The van der Waals surface area contributed by atoms with Gasteiger partial charge in [0.15, 0.2) is 0 Å². The molecule has 0 heterocycles. The van der Waals surface area contributed by atoms with Gasteiger partial charge >= 0.3 is 5.97 Å². The number of carboxylic acids is 1. The van der Waals surface area contributed by atoms with E-state index in [0.29, 0.717) is 5.75 Å². The molecular formula is C27H27NO5S. The minimum atomic E-state index is -1.07. The second kappa shape index (κ2) is 12.0. The van der Waals surface area contributed by atoms with E-state index in [4.69, 9.17) is 4.74 Å². The monoisotopic (exact) mass is 477 g/mol. The molecule has 0 saturated heterocycles. The van der Waals surface area contributed by atoms with Crippen LogP contribution in [0.1, 0.15) is 18.1 Å². The first kappa shape index (κ1) is 25.1. The van der Waals surface area contributed by atoms with Gasteiger partial charge in [-0.25, -0.2) is 0 Å². The third-order valence-electron chi connectivity index (χ3n) is 5.27. The Hall–Kier alpha value is -3.58. The van der Waals surface area contributed by atoms with E-state index in [0.717, 1.165) is 34.0 Å². The van der Waals surface area contributed by atoms with Crippen LogP contribution in [0.3, 0.4) is 0 Å². The zero-order valence-electron chi connectivity index (χ0n) is 19.1. The molecule has 0 radical (unpaired) electrons. The maximum absolute atomic E-state index is 12.6. The predicted molar refractivity (Wildman–Crippen MR) is 134 cm³/mol. The number of aliphatic carboxylic acids is 1. The molecular weight excluding hydrogens is 450 g/mol. The topological polar surface area (TPSA) is 92.7 Å². The Kier molecular flexibility index (Phi) is 8.87. The van der Waals surface area contributed by atoms with E-state index in [1.54, 1.807) is 38.3 Å². The smallest absolute Gasteiger partial charge is 0.317 e. The van der Waals surface area contributed by atoms with Crippen LogP contribution in [0.2, 0.25) is 0 Å². The van der Waals surface area contributed by atoms with Gasteiger partial charge in [-0.3, -0.25) is 14.4 Å². The van der Waals surface area contributed by atoms with E-state index < -0.39 is 22.4 Å². The molecule has 0 aliphatic rings. The summed E-state index contributed by atoms with van der Waals surface area (Å²) in [7, 11) is 1.57. The van der Waals surface area contributed by atoms with Crippen molar-refractivity contribution in [3.63, 3.8) is 0 Å². The van der Waals surface area contributed by atoms with E-state index >= 15 is 0 Å². The number of hydrogen-bond donors (Lipinski definition) is 2. The van der Waals surface area contributed by atoms with Crippen molar-refractivity contribution in [1.29, 1.82) is 0 Å². The maximum atomic E-state index is 12.6. The highest BCUT2D eigenvalue weighted by Gasteiger charge is 2.26. The van der Waals surface area contributed by atoms with Crippen molar-refractivity contribution in [2.75, 3.05) is 7.11 Å². The van der Waals surface area contributed by atoms with Crippen LogP contribution in [0.5, 0.6) is 5.75 Å². The SMILES string of the molecule is COc1ccc(CC(=O)N[C@H](C)C(=O)S[C@H](Cc2ccc(-c3ccccc3)cc2)C(=O)O)cc1. The molecule has 0 aliphatic heterocycles. The predicted octanol–water partition coefficient (Wildman–Crippen LogP) is 4.37. The van der Waals surface area contributed by atoms with E-state index in [2.05, 4.69) is 5.32 Å². The van der Waals surface area contributed by atoms with Crippen LogP contribution in [0.25, 0.3) is 11.1 Å². The van der Waals surface area contributed by atoms with Gasteiger partial charge in [0.2, 0.25) is 11.0 Å². The van der Waals surface area contributed by atoms with Gasteiger partial charge in [-0.2, -0.15) is 0 Å². The van der Waals surface area contributed by atoms with Gasteiger partial charge in [0.05, 0.1) is 19.6 Å². The number of ether oxygens (including phenoxy) is 1.